The van der Waals surface area contributed by atoms with Gasteiger partial charge in [-0.1, -0.05) is 0 Å². The number of rotatable bonds is 4. The average molecular weight is 304 g/mol. The molecule has 0 bridgehead atoms. The highest BCUT2D eigenvalue weighted by molar-refractivity contribution is 5.92. The Kier molecular flexibility index (Phi) is 4.66. The van der Waals surface area contributed by atoms with Crippen LogP contribution in [0.25, 0.3) is 0 Å². The zero-order valence-corrected chi connectivity index (χ0v) is 11.1. The third kappa shape index (κ3) is 4.59. The van der Waals surface area contributed by atoms with Gasteiger partial charge >= 0.3 is 6.18 Å². The van der Waals surface area contributed by atoms with Crippen LogP contribution in [0.4, 0.5) is 18.9 Å². The first-order chi connectivity index (χ1) is 9.85. The first kappa shape index (κ1) is 15.6. The lowest BCUT2D eigenvalue weighted by molar-refractivity contribution is -0.154. The number of nitrogens with zero attached hydrogens (tertiary/aromatic N) is 1. The molecule has 1 heterocycles. The number of ether oxygens (including phenoxy) is 1. The maximum atomic E-state index is 12.0. The molecule has 0 spiro atoms. The van der Waals surface area contributed by atoms with Crippen LogP contribution in [0.1, 0.15) is 19.3 Å². The summed E-state index contributed by atoms with van der Waals surface area (Å²) in [6.45, 7) is -1.42. The number of hydrogen-bond acceptors (Lipinski definition) is 4. The van der Waals surface area contributed by atoms with Crippen LogP contribution >= 0.6 is 0 Å². The summed E-state index contributed by atoms with van der Waals surface area (Å²) < 4.78 is 40.4. The second-order valence-electron chi connectivity index (χ2n) is 4.88. The average Bonchev–Trinajstić information content (AvgIpc) is 2.83. The van der Waals surface area contributed by atoms with Crippen molar-refractivity contribution in [3.63, 3.8) is 0 Å². The van der Waals surface area contributed by atoms with Gasteiger partial charge in [-0.05, 0) is 25.3 Å². The lowest BCUT2D eigenvalue weighted by Crippen LogP contribution is -2.28. The number of aliphatic hydroxyl groups is 1. The van der Waals surface area contributed by atoms with E-state index in [9.17, 15) is 23.1 Å². The van der Waals surface area contributed by atoms with Crippen molar-refractivity contribution in [3.8, 4) is 5.88 Å². The molecule has 1 aliphatic carbocycles. The number of halogens is 3. The van der Waals surface area contributed by atoms with Gasteiger partial charge in [-0.25, -0.2) is 4.98 Å². The molecule has 1 aromatic heterocycles. The van der Waals surface area contributed by atoms with Crippen LogP contribution in [0, 0.1) is 5.92 Å². The predicted molar refractivity (Wildman–Crippen MR) is 67.8 cm³/mol. The van der Waals surface area contributed by atoms with Gasteiger partial charge in [0, 0.05) is 6.07 Å². The predicted octanol–water partition coefficient (Wildman–Crippen LogP) is 2.12. The Balaban J connectivity index is 1.89. The van der Waals surface area contributed by atoms with Gasteiger partial charge < -0.3 is 15.2 Å². The molecule has 116 valence electrons. The summed E-state index contributed by atoms with van der Waals surface area (Å²) in [5.41, 5.74) is 0.346. The van der Waals surface area contributed by atoms with E-state index in [1.807, 2.05) is 0 Å². The Morgan fingerprint density at radius 2 is 2.19 bits per heavy atom. The number of alkyl halides is 3. The summed E-state index contributed by atoms with van der Waals surface area (Å²) >= 11 is 0. The molecule has 5 nitrogen and oxygen atoms in total. The number of pyridine rings is 1. The van der Waals surface area contributed by atoms with Crippen molar-refractivity contribution in [1.82, 2.24) is 4.98 Å². The standard InChI is InChI=1S/C13H15F3N2O3/c14-13(15,16)7-21-11-5-4-8(6-17-11)18-12(20)9-2-1-3-10(9)19/h4-6,9-10,19H,1-3,7H2,(H,18,20). The van der Waals surface area contributed by atoms with E-state index in [-0.39, 0.29) is 11.8 Å². The fraction of sp³-hybridized carbons (Fsp3) is 0.538. The smallest absolute Gasteiger partial charge is 0.422 e. The fourth-order valence-corrected chi connectivity index (χ4v) is 2.18. The number of carbonyl (C=O) groups is 1. The third-order valence-corrected chi connectivity index (χ3v) is 3.20. The molecule has 0 radical (unpaired) electrons. The van der Waals surface area contributed by atoms with E-state index < -0.39 is 24.8 Å². The van der Waals surface area contributed by atoms with E-state index in [2.05, 4.69) is 15.0 Å². The van der Waals surface area contributed by atoms with Crippen LogP contribution < -0.4 is 10.1 Å². The maximum Gasteiger partial charge on any atom is 0.422 e. The first-order valence-electron chi connectivity index (χ1n) is 6.50. The largest absolute Gasteiger partial charge is 0.468 e. The van der Waals surface area contributed by atoms with Crippen molar-refractivity contribution in [1.29, 1.82) is 0 Å². The van der Waals surface area contributed by atoms with E-state index in [4.69, 9.17) is 0 Å². The summed E-state index contributed by atoms with van der Waals surface area (Å²) in [6.07, 6.45) is -1.85. The fourth-order valence-electron chi connectivity index (χ4n) is 2.18. The third-order valence-electron chi connectivity index (χ3n) is 3.20. The molecule has 1 saturated carbocycles. The number of aromatic nitrogens is 1. The van der Waals surface area contributed by atoms with Crippen molar-refractivity contribution >= 4 is 11.6 Å². The van der Waals surface area contributed by atoms with Crippen molar-refractivity contribution < 1.29 is 27.8 Å². The minimum Gasteiger partial charge on any atom is -0.468 e. The SMILES string of the molecule is O=C(Nc1ccc(OCC(F)(F)F)nc1)C1CCCC1O. The molecule has 0 aliphatic heterocycles. The zero-order valence-electron chi connectivity index (χ0n) is 11.1. The number of nitrogens with one attached hydrogen (secondary N) is 1. The van der Waals surface area contributed by atoms with Crippen molar-refractivity contribution in [2.24, 2.45) is 5.92 Å². The number of anilines is 1. The van der Waals surface area contributed by atoms with E-state index >= 15 is 0 Å². The molecule has 2 rings (SSSR count). The second-order valence-corrected chi connectivity index (χ2v) is 4.88. The quantitative estimate of drug-likeness (QED) is 0.894. The number of carbonyl (C=O) groups excluding carboxylic acids is 1. The van der Waals surface area contributed by atoms with Gasteiger partial charge in [-0.15, -0.1) is 0 Å². The molecule has 2 N–H and O–H groups in total. The molecule has 1 fully saturated rings. The van der Waals surface area contributed by atoms with E-state index in [0.717, 1.165) is 6.42 Å². The van der Waals surface area contributed by atoms with E-state index in [1.165, 1.54) is 18.3 Å². The van der Waals surface area contributed by atoms with Crippen LogP contribution in [0.2, 0.25) is 0 Å². The Bertz CT molecular complexity index is 490. The second kappa shape index (κ2) is 6.30. The topological polar surface area (TPSA) is 71.5 Å². The van der Waals surface area contributed by atoms with Gasteiger partial charge in [0.15, 0.2) is 6.61 Å². The van der Waals surface area contributed by atoms with Crippen molar-refractivity contribution in [3.05, 3.63) is 18.3 Å². The highest BCUT2D eigenvalue weighted by atomic mass is 19.4. The monoisotopic (exact) mass is 304 g/mol. The lowest BCUT2D eigenvalue weighted by Gasteiger charge is -2.14. The summed E-state index contributed by atoms with van der Waals surface area (Å²) in [5.74, 6) is -0.942. The molecule has 2 unspecified atom stereocenters. The Morgan fingerprint density at radius 1 is 1.43 bits per heavy atom. The van der Waals surface area contributed by atoms with Gasteiger partial charge in [0.1, 0.15) is 0 Å². The van der Waals surface area contributed by atoms with Crippen molar-refractivity contribution in [2.75, 3.05) is 11.9 Å². The summed E-state index contributed by atoms with van der Waals surface area (Å²) in [7, 11) is 0. The molecule has 8 heteroatoms. The molecule has 0 saturated heterocycles. The summed E-state index contributed by atoms with van der Waals surface area (Å²) in [5, 5.41) is 12.2. The molecule has 2 atom stereocenters. The van der Waals surface area contributed by atoms with Crippen LogP contribution in [0.15, 0.2) is 18.3 Å². The Morgan fingerprint density at radius 3 is 2.71 bits per heavy atom. The van der Waals surface area contributed by atoms with Gasteiger partial charge in [-0.2, -0.15) is 13.2 Å². The van der Waals surface area contributed by atoms with Crippen LogP contribution in [0.5, 0.6) is 5.88 Å². The minimum absolute atomic E-state index is 0.175. The Labute approximate surface area is 119 Å². The summed E-state index contributed by atoms with van der Waals surface area (Å²) in [6, 6.07) is 2.64. The van der Waals surface area contributed by atoms with Gasteiger partial charge in [0.25, 0.3) is 0 Å². The van der Waals surface area contributed by atoms with E-state index in [1.54, 1.807) is 0 Å². The lowest BCUT2D eigenvalue weighted by atomic mass is 10.1. The summed E-state index contributed by atoms with van der Waals surface area (Å²) in [4.78, 5) is 15.6. The molecular weight excluding hydrogens is 289 g/mol. The van der Waals surface area contributed by atoms with E-state index in [0.29, 0.717) is 18.5 Å². The maximum absolute atomic E-state index is 12.0. The molecule has 0 aromatic carbocycles. The van der Waals surface area contributed by atoms with Crippen LogP contribution in [0.3, 0.4) is 0 Å². The van der Waals surface area contributed by atoms with Gasteiger partial charge in [-0.3, -0.25) is 4.79 Å². The normalized spacial score (nSPS) is 22.1. The van der Waals surface area contributed by atoms with Crippen LogP contribution in [-0.2, 0) is 4.79 Å². The molecule has 21 heavy (non-hydrogen) atoms. The molecule has 1 aliphatic rings. The number of hydrogen-bond donors (Lipinski definition) is 2. The van der Waals surface area contributed by atoms with Crippen molar-refractivity contribution in [2.45, 2.75) is 31.5 Å². The Hall–Kier alpha value is -1.83. The van der Waals surface area contributed by atoms with Crippen LogP contribution in [-0.4, -0.2) is 34.9 Å². The highest BCUT2D eigenvalue weighted by Crippen LogP contribution is 2.27. The highest BCUT2D eigenvalue weighted by Gasteiger charge is 2.31. The first-order valence-corrected chi connectivity index (χ1v) is 6.50. The minimum atomic E-state index is -4.42. The molecule has 1 amide bonds. The zero-order chi connectivity index (χ0) is 15.5. The number of amides is 1. The number of aliphatic hydroxyl groups excluding tert-OH is 1. The molecular formula is C13H15F3N2O3. The van der Waals surface area contributed by atoms with Gasteiger partial charge in [0.05, 0.1) is 23.9 Å². The van der Waals surface area contributed by atoms with Gasteiger partial charge in [0.2, 0.25) is 11.8 Å². The molecule has 1 aromatic rings.